The van der Waals surface area contributed by atoms with Crippen LogP contribution in [0.5, 0.6) is 11.5 Å². The van der Waals surface area contributed by atoms with Gasteiger partial charge in [-0.2, -0.15) is 0 Å². The second-order valence-electron chi connectivity index (χ2n) is 6.95. The van der Waals surface area contributed by atoms with Gasteiger partial charge in [-0.15, -0.1) is 0 Å². The first-order valence-electron chi connectivity index (χ1n) is 8.68. The number of hydrogen-bond donors (Lipinski definition) is 1. The van der Waals surface area contributed by atoms with E-state index in [0.717, 1.165) is 48.7 Å². The maximum atomic E-state index is 12.6. The Bertz CT molecular complexity index is 814. The number of amides is 1. The third-order valence-corrected chi connectivity index (χ3v) is 4.97. The van der Waals surface area contributed by atoms with E-state index < -0.39 is 0 Å². The highest BCUT2D eigenvalue weighted by Crippen LogP contribution is 2.33. The third kappa shape index (κ3) is 2.84. The van der Waals surface area contributed by atoms with Gasteiger partial charge in [0.25, 0.3) is 0 Å². The van der Waals surface area contributed by atoms with Crippen LogP contribution in [0.3, 0.4) is 0 Å². The normalized spacial score (nSPS) is 21.8. The number of fused-ring (bicyclic) bond motifs is 2. The highest BCUT2D eigenvalue weighted by molar-refractivity contribution is 5.81. The minimum Gasteiger partial charge on any atom is -0.454 e. The topological polar surface area (TPSA) is 68.6 Å². The average molecular weight is 340 g/mol. The lowest BCUT2D eigenvalue weighted by molar-refractivity contribution is -0.125. The summed E-state index contributed by atoms with van der Waals surface area (Å²) in [5.74, 6) is 1.68. The smallest absolute Gasteiger partial charge is 0.244 e. The number of rotatable bonds is 4. The van der Waals surface area contributed by atoms with E-state index in [4.69, 9.17) is 9.47 Å². The van der Waals surface area contributed by atoms with Gasteiger partial charge in [0.15, 0.2) is 11.5 Å². The van der Waals surface area contributed by atoms with Crippen LogP contribution in [0.1, 0.15) is 30.1 Å². The van der Waals surface area contributed by atoms with Gasteiger partial charge in [0.1, 0.15) is 6.04 Å². The molecule has 1 aromatic heterocycles. The maximum absolute atomic E-state index is 12.6. The Morgan fingerprint density at radius 2 is 2.16 bits per heavy atom. The Kier molecular flexibility index (Phi) is 3.41. The summed E-state index contributed by atoms with van der Waals surface area (Å²) in [5.41, 5.74) is 2.22. The first-order chi connectivity index (χ1) is 12.3. The van der Waals surface area contributed by atoms with Gasteiger partial charge in [0, 0.05) is 31.9 Å². The van der Waals surface area contributed by atoms with Crippen LogP contribution >= 0.6 is 0 Å². The van der Waals surface area contributed by atoms with E-state index in [-0.39, 0.29) is 18.7 Å². The van der Waals surface area contributed by atoms with E-state index in [2.05, 4.69) is 21.3 Å². The first-order valence-corrected chi connectivity index (χ1v) is 8.68. The fourth-order valence-electron chi connectivity index (χ4n) is 3.51. The number of nitrogens with zero attached hydrogens (tertiary/aromatic N) is 3. The number of nitrogens with one attached hydrogen (secondary N) is 1. The minimum absolute atomic E-state index is 0.0946. The molecule has 3 aliphatic rings. The number of ether oxygens (including phenoxy) is 2. The summed E-state index contributed by atoms with van der Waals surface area (Å²) in [7, 11) is 0. The van der Waals surface area contributed by atoms with Crippen LogP contribution in [-0.4, -0.2) is 39.7 Å². The van der Waals surface area contributed by atoms with Crippen LogP contribution in [0.15, 0.2) is 30.7 Å². The third-order valence-electron chi connectivity index (χ3n) is 4.97. The fourth-order valence-corrected chi connectivity index (χ4v) is 3.51. The van der Waals surface area contributed by atoms with Gasteiger partial charge in [-0.3, -0.25) is 9.69 Å². The van der Waals surface area contributed by atoms with Gasteiger partial charge in [0.05, 0.1) is 12.0 Å². The summed E-state index contributed by atoms with van der Waals surface area (Å²) in [4.78, 5) is 19.2. The van der Waals surface area contributed by atoms with Crippen molar-refractivity contribution in [2.45, 2.75) is 38.0 Å². The lowest BCUT2D eigenvalue weighted by atomic mass is 10.1. The van der Waals surface area contributed by atoms with Gasteiger partial charge in [-0.05, 0) is 30.5 Å². The van der Waals surface area contributed by atoms with Crippen molar-refractivity contribution >= 4 is 5.91 Å². The molecule has 2 aromatic rings. The lowest BCUT2D eigenvalue weighted by Crippen LogP contribution is -2.44. The van der Waals surface area contributed by atoms with Crippen LogP contribution < -0.4 is 14.8 Å². The minimum atomic E-state index is -0.221. The number of carbonyl (C=O) groups is 1. The van der Waals surface area contributed by atoms with Crippen molar-refractivity contribution in [1.29, 1.82) is 0 Å². The second-order valence-corrected chi connectivity index (χ2v) is 6.95. The molecule has 1 aliphatic carbocycles. The molecule has 1 saturated carbocycles. The summed E-state index contributed by atoms with van der Waals surface area (Å²) in [6, 6.07) is 6.17. The van der Waals surface area contributed by atoms with Crippen molar-refractivity contribution in [1.82, 2.24) is 19.8 Å². The van der Waals surface area contributed by atoms with E-state index in [0.29, 0.717) is 12.6 Å². The molecule has 7 nitrogen and oxygen atoms in total. The van der Waals surface area contributed by atoms with E-state index in [1.807, 2.05) is 22.9 Å². The van der Waals surface area contributed by atoms with E-state index in [9.17, 15) is 4.79 Å². The Morgan fingerprint density at radius 3 is 3.04 bits per heavy atom. The van der Waals surface area contributed by atoms with Crippen LogP contribution in [0.2, 0.25) is 0 Å². The van der Waals surface area contributed by atoms with Crippen molar-refractivity contribution in [3.8, 4) is 11.5 Å². The van der Waals surface area contributed by atoms with Crippen molar-refractivity contribution in [3.63, 3.8) is 0 Å². The first kappa shape index (κ1) is 14.8. The molecule has 0 radical (unpaired) electrons. The number of carbonyl (C=O) groups excluding carboxylic acids is 1. The molecule has 2 aliphatic heterocycles. The van der Waals surface area contributed by atoms with Gasteiger partial charge in [0.2, 0.25) is 12.7 Å². The van der Waals surface area contributed by atoms with Crippen molar-refractivity contribution in [2.24, 2.45) is 0 Å². The zero-order valence-corrected chi connectivity index (χ0v) is 13.9. The van der Waals surface area contributed by atoms with Crippen LogP contribution in [0.25, 0.3) is 0 Å². The molecule has 1 amide bonds. The zero-order chi connectivity index (χ0) is 16.8. The number of imidazole rings is 1. The van der Waals surface area contributed by atoms with Crippen LogP contribution in [0, 0.1) is 0 Å². The molecule has 1 aromatic carbocycles. The molecule has 7 heteroatoms. The number of aromatic nitrogens is 2. The number of hydrogen-bond acceptors (Lipinski definition) is 5. The summed E-state index contributed by atoms with van der Waals surface area (Å²) in [6.07, 6.45) is 5.81. The molecule has 0 bridgehead atoms. The highest BCUT2D eigenvalue weighted by Gasteiger charge is 2.33. The second kappa shape index (κ2) is 5.77. The molecular formula is C18H20N4O3. The van der Waals surface area contributed by atoms with Crippen LogP contribution in [0.4, 0.5) is 0 Å². The summed E-state index contributed by atoms with van der Waals surface area (Å²) in [5, 5.41) is 3.12. The maximum Gasteiger partial charge on any atom is 0.244 e. The predicted molar refractivity (Wildman–Crippen MR) is 89.1 cm³/mol. The largest absolute Gasteiger partial charge is 0.454 e. The molecule has 3 heterocycles. The van der Waals surface area contributed by atoms with E-state index in [1.165, 1.54) is 0 Å². The molecular weight excluding hydrogens is 320 g/mol. The molecule has 25 heavy (non-hydrogen) atoms. The molecule has 5 rings (SSSR count). The van der Waals surface area contributed by atoms with Crippen molar-refractivity contribution < 1.29 is 14.3 Å². The van der Waals surface area contributed by atoms with Crippen molar-refractivity contribution in [3.05, 3.63) is 42.0 Å². The fraction of sp³-hybridized carbons (Fsp3) is 0.444. The average Bonchev–Trinajstić information content (AvgIpc) is 3.10. The lowest BCUT2D eigenvalue weighted by Gasteiger charge is -2.33. The molecule has 130 valence electrons. The van der Waals surface area contributed by atoms with Crippen molar-refractivity contribution in [2.75, 3.05) is 13.3 Å². The van der Waals surface area contributed by atoms with Gasteiger partial charge in [-0.1, -0.05) is 6.07 Å². The predicted octanol–water partition coefficient (Wildman–Crippen LogP) is 1.45. The standard InChI is InChI=1S/C18H20N4O3/c23-18(20-13-2-3-13)15-9-21(8-14-6-19-10-22(14)15)7-12-1-4-16-17(5-12)25-11-24-16/h1,4-6,10,13,15H,2-3,7-9,11H2,(H,20,23)/t15-/m0/s1. The monoisotopic (exact) mass is 340 g/mol. The van der Waals surface area contributed by atoms with Gasteiger partial charge in [-0.25, -0.2) is 4.98 Å². The number of benzene rings is 1. The Hall–Kier alpha value is -2.54. The Morgan fingerprint density at radius 1 is 1.28 bits per heavy atom. The van der Waals surface area contributed by atoms with E-state index in [1.54, 1.807) is 6.33 Å². The quantitative estimate of drug-likeness (QED) is 0.912. The summed E-state index contributed by atoms with van der Waals surface area (Å²) in [6.45, 7) is 2.50. The summed E-state index contributed by atoms with van der Waals surface area (Å²) >= 11 is 0. The molecule has 0 spiro atoms. The van der Waals surface area contributed by atoms with E-state index >= 15 is 0 Å². The molecule has 0 unspecified atom stereocenters. The molecule has 1 fully saturated rings. The van der Waals surface area contributed by atoms with Gasteiger partial charge < -0.3 is 19.4 Å². The molecule has 0 saturated heterocycles. The van der Waals surface area contributed by atoms with Gasteiger partial charge >= 0.3 is 0 Å². The highest BCUT2D eigenvalue weighted by atomic mass is 16.7. The molecule has 1 N–H and O–H groups in total. The Balaban J connectivity index is 1.35. The van der Waals surface area contributed by atoms with Crippen LogP contribution in [-0.2, 0) is 17.9 Å². The summed E-state index contributed by atoms with van der Waals surface area (Å²) < 4.78 is 12.8. The SMILES string of the molecule is O=C(NC1CC1)[C@@H]1CN(Cc2ccc3c(c2)OCO3)Cc2cncn21. The zero-order valence-electron chi connectivity index (χ0n) is 13.9. The Labute approximate surface area is 145 Å². The molecule has 1 atom stereocenters.